The molecule has 0 aliphatic rings. The molecule has 0 bridgehead atoms. The second kappa shape index (κ2) is 6.06. The normalized spacial score (nSPS) is 11.4. The number of methoxy groups -OCH3 is 1. The number of aryl methyl sites for hydroxylation is 2. The van der Waals surface area contributed by atoms with Gasteiger partial charge in [-0.05, 0) is 31.0 Å². The first kappa shape index (κ1) is 15.5. The van der Waals surface area contributed by atoms with Gasteiger partial charge in [-0.3, -0.25) is 4.79 Å². The number of carbonyl (C=O) groups excluding carboxylic acids is 1. The number of carbonyl (C=O) groups is 1. The van der Waals surface area contributed by atoms with Crippen molar-refractivity contribution < 1.29 is 9.53 Å². The highest BCUT2D eigenvalue weighted by atomic mass is 16.5. The van der Waals surface area contributed by atoms with Crippen molar-refractivity contribution in [2.45, 2.75) is 33.1 Å². The molecule has 19 heavy (non-hydrogen) atoms. The molecular weight excluding hydrogens is 240 g/mol. The van der Waals surface area contributed by atoms with Crippen LogP contribution < -0.4 is 15.8 Å². The highest BCUT2D eigenvalue weighted by Gasteiger charge is 2.25. The number of primary amides is 1. The van der Waals surface area contributed by atoms with Crippen molar-refractivity contribution in [2.24, 2.45) is 5.73 Å². The molecule has 0 atom stereocenters. The van der Waals surface area contributed by atoms with Gasteiger partial charge >= 0.3 is 0 Å². The molecule has 0 radical (unpaired) electrons. The fraction of sp³-hybridized carbons (Fsp3) is 0.533. The van der Waals surface area contributed by atoms with Crippen LogP contribution >= 0.6 is 0 Å². The summed E-state index contributed by atoms with van der Waals surface area (Å²) in [5.41, 5.74) is 8.57. The Morgan fingerprint density at radius 1 is 1.32 bits per heavy atom. The first-order chi connectivity index (χ1) is 8.77. The lowest BCUT2D eigenvalue weighted by molar-refractivity contribution is -0.117. The molecule has 106 valence electrons. The van der Waals surface area contributed by atoms with Gasteiger partial charge in [0.2, 0.25) is 5.91 Å². The molecule has 0 aliphatic heterocycles. The second-order valence-corrected chi connectivity index (χ2v) is 5.59. The number of amides is 1. The highest BCUT2D eigenvalue weighted by Crippen LogP contribution is 2.33. The molecule has 0 fully saturated rings. The third-order valence-electron chi connectivity index (χ3n) is 3.41. The van der Waals surface area contributed by atoms with Crippen molar-refractivity contribution in [3.63, 3.8) is 0 Å². The minimum absolute atomic E-state index is 0.140. The summed E-state index contributed by atoms with van der Waals surface area (Å²) in [6.45, 7) is 9.25. The van der Waals surface area contributed by atoms with Gasteiger partial charge in [0, 0.05) is 17.5 Å². The smallest absolute Gasteiger partial charge is 0.231 e. The molecule has 0 saturated heterocycles. The summed E-state index contributed by atoms with van der Waals surface area (Å²) in [5.74, 6) is 0.539. The van der Waals surface area contributed by atoms with Crippen LogP contribution in [0.4, 0.5) is 0 Å². The number of benzene rings is 1. The minimum atomic E-state index is -0.345. The first-order valence-electron chi connectivity index (χ1n) is 6.42. The van der Waals surface area contributed by atoms with E-state index in [0.29, 0.717) is 6.54 Å². The summed E-state index contributed by atoms with van der Waals surface area (Å²) in [7, 11) is 1.68. The van der Waals surface area contributed by atoms with E-state index in [-0.39, 0.29) is 17.9 Å². The number of ether oxygens (including phenoxy) is 1. The van der Waals surface area contributed by atoms with E-state index in [4.69, 9.17) is 10.5 Å². The molecule has 1 aromatic carbocycles. The van der Waals surface area contributed by atoms with Crippen LogP contribution in [0.15, 0.2) is 12.1 Å². The first-order valence-corrected chi connectivity index (χ1v) is 6.42. The number of hydrogen-bond donors (Lipinski definition) is 2. The Bertz CT molecular complexity index is 467. The molecule has 4 nitrogen and oxygen atoms in total. The molecule has 1 amide bonds. The molecule has 1 rings (SSSR count). The maximum absolute atomic E-state index is 10.8. The zero-order valence-electron chi connectivity index (χ0n) is 12.5. The predicted octanol–water partition coefficient (Wildman–Crippen LogP) is 1.66. The van der Waals surface area contributed by atoms with Crippen LogP contribution in [-0.2, 0) is 10.2 Å². The van der Waals surface area contributed by atoms with Gasteiger partial charge in [-0.1, -0.05) is 19.9 Å². The van der Waals surface area contributed by atoms with Crippen molar-refractivity contribution in [1.82, 2.24) is 5.32 Å². The van der Waals surface area contributed by atoms with Crippen molar-refractivity contribution in [3.8, 4) is 5.75 Å². The second-order valence-electron chi connectivity index (χ2n) is 5.59. The fourth-order valence-electron chi connectivity index (χ4n) is 2.08. The van der Waals surface area contributed by atoms with E-state index in [2.05, 4.69) is 45.1 Å². The summed E-state index contributed by atoms with van der Waals surface area (Å²) in [4.78, 5) is 10.8. The zero-order chi connectivity index (χ0) is 14.6. The summed E-state index contributed by atoms with van der Waals surface area (Å²) in [6.07, 6.45) is 0. The van der Waals surface area contributed by atoms with E-state index in [1.54, 1.807) is 7.11 Å². The van der Waals surface area contributed by atoms with Gasteiger partial charge in [0.1, 0.15) is 5.75 Å². The molecule has 1 aromatic rings. The largest absolute Gasteiger partial charge is 0.496 e. The quantitative estimate of drug-likeness (QED) is 0.821. The Morgan fingerprint density at radius 2 is 1.89 bits per heavy atom. The van der Waals surface area contributed by atoms with Crippen LogP contribution in [0.3, 0.4) is 0 Å². The van der Waals surface area contributed by atoms with Gasteiger partial charge in [0.05, 0.1) is 13.7 Å². The monoisotopic (exact) mass is 264 g/mol. The van der Waals surface area contributed by atoms with Crippen molar-refractivity contribution in [3.05, 3.63) is 28.8 Å². The van der Waals surface area contributed by atoms with E-state index < -0.39 is 0 Å². The van der Waals surface area contributed by atoms with E-state index in [0.717, 1.165) is 11.3 Å². The van der Waals surface area contributed by atoms with Gasteiger partial charge in [-0.2, -0.15) is 0 Å². The molecule has 0 spiro atoms. The van der Waals surface area contributed by atoms with Gasteiger partial charge in [0.15, 0.2) is 0 Å². The molecule has 0 aromatic heterocycles. The van der Waals surface area contributed by atoms with Crippen LogP contribution in [0.1, 0.15) is 30.5 Å². The highest BCUT2D eigenvalue weighted by molar-refractivity contribution is 5.75. The summed E-state index contributed by atoms with van der Waals surface area (Å²) in [5, 5.41) is 3.08. The van der Waals surface area contributed by atoms with Crippen LogP contribution in [0.5, 0.6) is 5.75 Å². The van der Waals surface area contributed by atoms with E-state index in [1.807, 2.05) is 0 Å². The van der Waals surface area contributed by atoms with E-state index in [1.165, 1.54) is 11.1 Å². The summed E-state index contributed by atoms with van der Waals surface area (Å²) < 4.78 is 5.48. The van der Waals surface area contributed by atoms with Gasteiger partial charge in [-0.15, -0.1) is 0 Å². The lowest BCUT2D eigenvalue weighted by Gasteiger charge is -2.28. The Kier molecular flexibility index (Phi) is 4.95. The SMILES string of the molecule is COc1cc(C)c(C)cc1C(C)(C)CNCC(N)=O. The van der Waals surface area contributed by atoms with Gasteiger partial charge < -0.3 is 15.8 Å². The summed E-state index contributed by atoms with van der Waals surface area (Å²) in [6, 6.07) is 4.21. The topological polar surface area (TPSA) is 64.3 Å². The molecule has 0 heterocycles. The standard InChI is InChI=1S/C15H24N2O2/c1-10-6-12(13(19-5)7-11(10)2)15(3,4)9-17-8-14(16)18/h6-7,17H,8-9H2,1-5H3,(H2,16,18). The van der Waals surface area contributed by atoms with Gasteiger partial charge in [0.25, 0.3) is 0 Å². The van der Waals surface area contributed by atoms with Crippen LogP contribution in [-0.4, -0.2) is 26.1 Å². The zero-order valence-corrected chi connectivity index (χ0v) is 12.5. The summed E-state index contributed by atoms with van der Waals surface area (Å²) >= 11 is 0. The number of nitrogens with one attached hydrogen (secondary N) is 1. The lowest BCUT2D eigenvalue weighted by Crippen LogP contribution is -2.38. The molecule has 0 saturated carbocycles. The molecule has 3 N–H and O–H groups in total. The van der Waals surface area contributed by atoms with Crippen LogP contribution in [0.2, 0.25) is 0 Å². The predicted molar refractivity (Wildman–Crippen MR) is 77.6 cm³/mol. The number of rotatable bonds is 6. The maximum atomic E-state index is 10.8. The molecule has 0 unspecified atom stereocenters. The third-order valence-corrected chi connectivity index (χ3v) is 3.41. The lowest BCUT2D eigenvalue weighted by atomic mass is 9.82. The van der Waals surface area contributed by atoms with Crippen molar-refractivity contribution in [1.29, 1.82) is 0 Å². The van der Waals surface area contributed by atoms with Gasteiger partial charge in [-0.25, -0.2) is 0 Å². The number of hydrogen-bond acceptors (Lipinski definition) is 3. The molecular formula is C15H24N2O2. The average Bonchev–Trinajstić information content (AvgIpc) is 2.31. The Morgan fingerprint density at radius 3 is 2.42 bits per heavy atom. The van der Waals surface area contributed by atoms with Crippen molar-refractivity contribution >= 4 is 5.91 Å². The molecule has 0 aliphatic carbocycles. The Hall–Kier alpha value is -1.55. The maximum Gasteiger partial charge on any atom is 0.231 e. The molecule has 4 heteroatoms. The Labute approximate surface area is 115 Å². The Balaban J connectivity index is 2.99. The minimum Gasteiger partial charge on any atom is -0.496 e. The third kappa shape index (κ3) is 3.96. The fourth-order valence-corrected chi connectivity index (χ4v) is 2.08. The number of nitrogens with two attached hydrogens (primary N) is 1. The average molecular weight is 264 g/mol. The van der Waals surface area contributed by atoms with Crippen LogP contribution in [0, 0.1) is 13.8 Å². The van der Waals surface area contributed by atoms with E-state index in [9.17, 15) is 4.79 Å². The van der Waals surface area contributed by atoms with E-state index >= 15 is 0 Å². The van der Waals surface area contributed by atoms with Crippen molar-refractivity contribution in [2.75, 3.05) is 20.2 Å². The van der Waals surface area contributed by atoms with Crippen LogP contribution in [0.25, 0.3) is 0 Å².